The summed E-state index contributed by atoms with van der Waals surface area (Å²) in [4.78, 5) is 13.7. The zero-order valence-corrected chi connectivity index (χ0v) is 10.2. The van der Waals surface area contributed by atoms with Crippen molar-refractivity contribution in [1.82, 2.24) is 4.98 Å². The number of nitrogens with one attached hydrogen (secondary N) is 2. The third-order valence-corrected chi connectivity index (χ3v) is 3.94. The largest absolute Gasteiger partial charge is 0.417 e. The number of benzene rings is 1. The number of hydrogen-bond donors (Lipinski definition) is 3. The average Bonchev–Trinajstić information content (AvgIpc) is 2.67. The summed E-state index contributed by atoms with van der Waals surface area (Å²) >= 11 is 0. The van der Waals surface area contributed by atoms with Gasteiger partial charge < -0.3 is 15.5 Å². The lowest BCUT2D eigenvalue weighted by atomic mass is 9.69. The number of rotatable bonds is 4. The van der Waals surface area contributed by atoms with Crippen LogP contribution in [-0.4, -0.2) is 18.1 Å². The minimum atomic E-state index is -0.417. The lowest BCUT2D eigenvalue weighted by Gasteiger charge is -2.41. The van der Waals surface area contributed by atoms with Crippen LogP contribution in [0.5, 0.6) is 0 Å². The van der Waals surface area contributed by atoms with Crippen molar-refractivity contribution in [2.75, 3.05) is 18.4 Å². The smallest absolute Gasteiger partial charge is 0.408 e. The summed E-state index contributed by atoms with van der Waals surface area (Å²) in [6, 6.07) is 5.63. The fraction of sp³-hybridized carbons (Fsp3) is 0.462. The van der Waals surface area contributed by atoms with E-state index in [4.69, 9.17) is 10.2 Å². The van der Waals surface area contributed by atoms with Crippen LogP contribution in [0.15, 0.2) is 27.4 Å². The number of H-pyrrole nitrogens is 1. The Morgan fingerprint density at radius 3 is 2.94 bits per heavy atom. The molecule has 2 aromatic rings. The normalized spacial score (nSPS) is 17.6. The number of aromatic nitrogens is 1. The molecule has 5 heteroatoms. The van der Waals surface area contributed by atoms with Crippen LogP contribution >= 0.6 is 0 Å². The Morgan fingerprint density at radius 1 is 1.44 bits per heavy atom. The van der Waals surface area contributed by atoms with Gasteiger partial charge in [-0.3, -0.25) is 4.98 Å². The minimum absolute atomic E-state index is 0.258. The molecule has 0 radical (unpaired) electrons. The number of aromatic amines is 1. The SMILES string of the molecule is NCC1(CNc2ccc3[nH]c(=O)oc3c2)CCC1. The second-order valence-corrected chi connectivity index (χ2v) is 5.14. The highest BCUT2D eigenvalue weighted by atomic mass is 16.4. The highest BCUT2D eigenvalue weighted by Gasteiger charge is 2.35. The molecule has 1 aliphatic rings. The van der Waals surface area contributed by atoms with Crippen molar-refractivity contribution in [3.8, 4) is 0 Å². The lowest BCUT2D eigenvalue weighted by molar-refractivity contribution is 0.163. The molecule has 0 aliphatic heterocycles. The van der Waals surface area contributed by atoms with Gasteiger partial charge in [0.1, 0.15) is 0 Å². The fourth-order valence-corrected chi connectivity index (χ4v) is 2.47. The first-order valence-electron chi connectivity index (χ1n) is 6.28. The van der Waals surface area contributed by atoms with Crippen LogP contribution in [0.25, 0.3) is 11.1 Å². The van der Waals surface area contributed by atoms with Crippen molar-refractivity contribution >= 4 is 16.8 Å². The number of anilines is 1. The molecule has 3 rings (SSSR count). The van der Waals surface area contributed by atoms with Gasteiger partial charge in [-0.1, -0.05) is 6.42 Å². The Hall–Kier alpha value is -1.75. The van der Waals surface area contributed by atoms with Gasteiger partial charge in [0, 0.05) is 18.3 Å². The molecule has 1 saturated carbocycles. The number of hydrogen-bond acceptors (Lipinski definition) is 4. The molecule has 0 unspecified atom stereocenters. The second-order valence-electron chi connectivity index (χ2n) is 5.14. The number of oxazole rings is 1. The molecule has 18 heavy (non-hydrogen) atoms. The van der Waals surface area contributed by atoms with Crippen molar-refractivity contribution in [1.29, 1.82) is 0 Å². The van der Waals surface area contributed by atoms with Crippen LogP contribution in [0.3, 0.4) is 0 Å². The van der Waals surface area contributed by atoms with Gasteiger partial charge in [-0.2, -0.15) is 0 Å². The summed E-state index contributed by atoms with van der Waals surface area (Å²) < 4.78 is 5.03. The van der Waals surface area contributed by atoms with Crippen LogP contribution in [-0.2, 0) is 0 Å². The standard InChI is InChI=1S/C13H17N3O2/c14-7-13(4-1-5-13)8-15-9-2-3-10-11(6-9)18-12(17)16-10/h2-3,6,15H,1,4-5,7-8,14H2,(H,16,17). The van der Waals surface area contributed by atoms with E-state index in [1.165, 1.54) is 19.3 Å². The molecule has 0 amide bonds. The zero-order chi connectivity index (χ0) is 12.6. The third-order valence-electron chi connectivity index (χ3n) is 3.94. The summed E-state index contributed by atoms with van der Waals surface area (Å²) in [5, 5.41) is 3.38. The summed E-state index contributed by atoms with van der Waals surface area (Å²) in [6.45, 7) is 1.60. The molecule has 0 saturated heterocycles. The predicted octanol–water partition coefficient (Wildman–Crippen LogP) is 1.66. The van der Waals surface area contributed by atoms with Gasteiger partial charge in [0.15, 0.2) is 5.58 Å². The maximum absolute atomic E-state index is 11.1. The molecule has 1 aliphatic carbocycles. The van der Waals surface area contributed by atoms with Gasteiger partial charge in [-0.25, -0.2) is 4.79 Å². The Bertz CT molecular complexity index is 604. The Labute approximate surface area is 104 Å². The van der Waals surface area contributed by atoms with Gasteiger partial charge >= 0.3 is 5.76 Å². The Balaban J connectivity index is 1.76. The minimum Gasteiger partial charge on any atom is -0.408 e. The monoisotopic (exact) mass is 247 g/mol. The van der Waals surface area contributed by atoms with Crippen LogP contribution < -0.4 is 16.8 Å². The van der Waals surface area contributed by atoms with Crippen LogP contribution in [0.1, 0.15) is 19.3 Å². The fourth-order valence-electron chi connectivity index (χ4n) is 2.47. The molecule has 0 atom stereocenters. The van der Waals surface area contributed by atoms with E-state index in [0.29, 0.717) is 5.58 Å². The van der Waals surface area contributed by atoms with Gasteiger partial charge in [-0.05, 0) is 36.9 Å². The van der Waals surface area contributed by atoms with Gasteiger partial charge in [-0.15, -0.1) is 0 Å². The molecule has 0 spiro atoms. The number of fused-ring (bicyclic) bond motifs is 1. The zero-order valence-electron chi connectivity index (χ0n) is 10.2. The van der Waals surface area contributed by atoms with Gasteiger partial charge in [0.2, 0.25) is 0 Å². The van der Waals surface area contributed by atoms with Crippen molar-refractivity contribution in [3.63, 3.8) is 0 Å². The van der Waals surface area contributed by atoms with Crippen LogP contribution in [0.2, 0.25) is 0 Å². The summed E-state index contributed by atoms with van der Waals surface area (Å²) in [5.41, 5.74) is 8.35. The molecule has 1 heterocycles. The quantitative estimate of drug-likeness (QED) is 0.767. The third kappa shape index (κ3) is 1.90. The van der Waals surface area contributed by atoms with E-state index in [9.17, 15) is 4.79 Å². The van der Waals surface area contributed by atoms with Crippen molar-refractivity contribution in [2.45, 2.75) is 19.3 Å². The van der Waals surface area contributed by atoms with E-state index in [2.05, 4.69) is 10.3 Å². The molecule has 1 aromatic carbocycles. The highest BCUT2D eigenvalue weighted by molar-refractivity contribution is 5.76. The maximum Gasteiger partial charge on any atom is 0.417 e. The maximum atomic E-state index is 11.1. The molecule has 5 nitrogen and oxygen atoms in total. The number of nitrogens with two attached hydrogens (primary N) is 1. The van der Waals surface area contributed by atoms with Gasteiger partial charge in [0.05, 0.1) is 5.52 Å². The molecular formula is C13H17N3O2. The first-order valence-corrected chi connectivity index (χ1v) is 6.28. The van der Waals surface area contributed by atoms with Crippen LogP contribution in [0.4, 0.5) is 5.69 Å². The molecule has 4 N–H and O–H groups in total. The Kier molecular flexibility index (Phi) is 2.63. The first-order chi connectivity index (χ1) is 8.71. The van der Waals surface area contributed by atoms with E-state index >= 15 is 0 Å². The first kappa shape index (κ1) is 11.3. The van der Waals surface area contributed by atoms with Gasteiger partial charge in [0.25, 0.3) is 0 Å². The van der Waals surface area contributed by atoms with E-state index in [1.54, 1.807) is 0 Å². The molecule has 0 bridgehead atoms. The van der Waals surface area contributed by atoms with Crippen molar-refractivity contribution in [3.05, 3.63) is 28.7 Å². The van der Waals surface area contributed by atoms with E-state index in [1.807, 2.05) is 18.2 Å². The van der Waals surface area contributed by atoms with E-state index < -0.39 is 5.76 Å². The highest BCUT2D eigenvalue weighted by Crippen LogP contribution is 2.39. The van der Waals surface area contributed by atoms with E-state index in [0.717, 1.165) is 24.3 Å². The second kappa shape index (κ2) is 4.17. The van der Waals surface area contributed by atoms with Crippen LogP contribution in [0, 0.1) is 5.41 Å². The summed E-state index contributed by atoms with van der Waals surface area (Å²) in [7, 11) is 0. The molecule has 1 fully saturated rings. The Morgan fingerprint density at radius 2 is 2.28 bits per heavy atom. The molecule has 1 aromatic heterocycles. The summed E-state index contributed by atoms with van der Waals surface area (Å²) in [5.74, 6) is -0.417. The van der Waals surface area contributed by atoms with Crippen molar-refractivity contribution < 1.29 is 4.42 Å². The molecule has 96 valence electrons. The average molecular weight is 247 g/mol. The summed E-state index contributed by atoms with van der Waals surface area (Å²) in [6.07, 6.45) is 3.65. The van der Waals surface area contributed by atoms with E-state index in [-0.39, 0.29) is 5.41 Å². The topological polar surface area (TPSA) is 84.0 Å². The lowest BCUT2D eigenvalue weighted by Crippen LogP contribution is -2.42. The molecular weight excluding hydrogens is 230 g/mol. The predicted molar refractivity (Wildman–Crippen MR) is 70.7 cm³/mol. The van der Waals surface area contributed by atoms with Crippen molar-refractivity contribution in [2.24, 2.45) is 11.1 Å².